The van der Waals surface area contributed by atoms with Crippen LogP contribution in [0.15, 0.2) is 24.8 Å². The van der Waals surface area contributed by atoms with Gasteiger partial charge in [-0.25, -0.2) is 4.52 Å². The number of nitrogens with one attached hydrogen (secondary N) is 1. The van der Waals surface area contributed by atoms with Crippen molar-refractivity contribution in [3.05, 3.63) is 30.4 Å². The van der Waals surface area contributed by atoms with Gasteiger partial charge in [0.2, 0.25) is 0 Å². The average Bonchev–Trinajstić information content (AvgIpc) is 2.91. The lowest BCUT2D eigenvalue weighted by Crippen LogP contribution is -2.27. The Morgan fingerprint density at radius 1 is 1.38 bits per heavy atom. The Morgan fingerprint density at radius 3 is 2.90 bits per heavy atom. The summed E-state index contributed by atoms with van der Waals surface area (Å²) in [5, 5.41) is 8.04. The first kappa shape index (κ1) is 15.9. The molecule has 21 heavy (non-hydrogen) atoms. The molecule has 1 N–H and O–H groups in total. The van der Waals surface area contributed by atoms with Gasteiger partial charge < -0.3 is 10.1 Å². The zero-order valence-electron chi connectivity index (χ0n) is 13.5. The normalized spacial score (nSPS) is 13.7. The predicted molar refractivity (Wildman–Crippen MR) is 84.3 cm³/mol. The van der Waals surface area contributed by atoms with Crippen molar-refractivity contribution in [2.75, 3.05) is 13.7 Å². The molecule has 0 aromatic carbocycles. The molecule has 116 valence electrons. The zero-order chi connectivity index (χ0) is 15.3. The summed E-state index contributed by atoms with van der Waals surface area (Å²) in [5.74, 6) is 0. The van der Waals surface area contributed by atoms with Crippen molar-refractivity contribution in [3.8, 4) is 0 Å². The number of rotatable bonds is 8. The number of hydrogen-bond donors (Lipinski definition) is 1. The fraction of sp³-hybridized carbons (Fsp3) is 0.625. The van der Waals surface area contributed by atoms with E-state index in [-0.39, 0.29) is 11.6 Å². The number of nitrogens with zero attached hydrogens (tertiary/aromatic N) is 3. The van der Waals surface area contributed by atoms with Gasteiger partial charge in [-0.05, 0) is 39.7 Å². The van der Waals surface area contributed by atoms with Crippen LogP contribution in [0, 0.1) is 0 Å². The second kappa shape index (κ2) is 7.00. The van der Waals surface area contributed by atoms with E-state index in [4.69, 9.17) is 4.74 Å². The van der Waals surface area contributed by atoms with Gasteiger partial charge in [0.1, 0.15) is 0 Å². The van der Waals surface area contributed by atoms with Crippen molar-refractivity contribution in [2.45, 2.75) is 51.7 Å². The smallest absolute Gasteiger partial charge is 0.0892 e. The molecule has 1 unspecified atom stereocenters. The summed E-state index contributed by atoms with van der Waals surface area (Å²) in [5.41, 5.74) is 2.18. The molecule has 0 radical (unpaired) electrons. The second-order valence-corrected chi connectivity index (χ2v) is 6.02. The van der Waals surface area contributed by atoms with E-state index in [2.05, 4.69) is 36.2 Å². The van der Waals surface area contributed by atoms with E-state index in [1.54, 1.807) is 13.3 Å². The molecule has 0 saturated carbocycles. The monoisotopic (exact) mass is 290 g/mol. The van der Waals surface area contributed by atoms with Gasteiger partial charge in [0.05, 0.1) is 23.5 Å². The lowest BCUT2D eigenvalue weighted by atomic mass is 9.95. The molecule has 0 fully saturated rings. The van der Waals surface area contributed by atoms with E-state index in [1.165, 1.54) is 5.56 Å². The van der Waals surface area contributed by atoms with Crippen LogP contribution in [0.5, 0.6) is 0 Å². The van der Waals surface area contributed by atoms with Gasteiger partial charge in [0, 0.05) is 31.1 Å². The number of ether oxygens (including phenoxy) is 1. The summed E-state index contributed by atoms with van der Waals surface area (Å²) >= 11 is 0. The van der Waals surface area contributed by atoms with Crippen LogP contribution in [0.2, 0.25) is 0 Å². The van der Waals surface area contributed by atoms with Gasteiger partial charge in [0.15, 0.2) is 0 Å². The lowest BCUT2D eigenvalue weighted by molar-refractivity contribution is 0.0117. The van der Waals surface area contributed by atoms with Gasteiger partial charge in [-0.1, -0.05) is 6.92 Å². The Morgan fingerprint density at radius 2 is 2.19 bits per heavy atom. The number of methoxy groups -OCH3 is 1. The van der Waals surface area contributed by atoms with Gasteiger partial charge in [-0.2, -0.15) is 5.10 Å². The molecule has 5 heteroatoms. The summed E-state index contributed by atoms with van der Waals surface area (Å²) in [4.78, 5) is 4.22. The highest BCUT2D eigenvalue weighted by molar-refractivity contribution is 5.53. The maximum Gasteiger partial charge on any atom is 0.0892 e. The first-order valence-electron chi connectivity index (χ1n) is 7.63. The van der Waals surface area contributed by atoms with Crippen molar-refractivity contribution >= 4 is 5.52 Å². The zero-order valence-corrected chi connectivity index (χ0v) is 13.5. The number of hydrogen-bond acceptors (Lipinski definition) is 4. The van der Waals surface area contributed by atoms with Crippen molar-refractivity contribution < 1.29 is 4.74 Å². The molecule has 0 aliphatic carbocycles. The van der Waals surface area contributed by atoms with E-state index < -0.39 is 0 Å². The maximum atomic E-state index is 5.54. The summed E-state index contributed by atoms with van der Waals surface area (Å²) in [6.07, 6.45) is 10.6. The fourth-order valence-corrected chi connectivity index (χ4v) is 2.40. The Bertz CT molecular complexity index is 564. The molecule has 2 aromatic heterocycles. The quantitative estimate of drug-likeness (QED) is 0.812. The molecule has 2 heterocycles. The van der Waals surface area contributed by atoms with E-state index >= 15 is 0 Å². The minimum absolute atomic E-state index is 0.104. The van der Waals surface area contributed by atoms with Crippen LogP contribution in [0.4, 0.5) is 0 Å². The SMILES string of the molecule is CCCNC(CCC(C)(C)OC)c1cnn2ccncc12. The third kappa shape index (κ3) is 4.02. The second-order valence-electron chi connectivity index (χ2n) is 6.02. The van der Waals surface area contributed by atoms with E-state index in [9.17, 15) is 0 Å². The number of aromatic nitrogens is 3. The Balaban J connectivity index is 2.19. The molecule has 0 aliphatic rings. The van der Waals surface area contributed by atoms with E-state index in [0.29, 0.717) is 0 Å². The molecule has 5 nitrogen and oxygen atoms in total. The lowest BCUT2D eigenvalue weighted by Gasteiger charge is -2.26. The van der Waals surface area contributed by atoms with Gasteiger partial charge >= 0.3 is 0 Å². The van der Waals surface area contributed by atoms with Crippen molar-refractivity contribution in [1.29, 1.82) is 0 Å². The van der Waals surface area contributed by atoms with Crippen LogP contribution < -0.4 is 5.32 Å². The first-order chi connectivity index (χ1) is 10.1. The molecule has 2 aromatic rings. The van der Waals surface area contributed by atoms with Crippen LogP contribution >= 0.6 is 0 Å². The van der Waals surface area contributed by atoms with Crippen molar-refractivity contribution in [2.24, 2.45) is 0 Å². The number of fused-ring (bicyclic) bond motifs is 1. The van der Waals surface area contributed by atoms with Crippen LogP contribution in [0.1, 0.15) is 51.6 Å². The van der Waals surface area contributed by atoms with Crippen molar-refractivity contribution in [1.82, 2.24) is 19.9 Å². The van der Waals surface area contributed by atoms with Gasteiger partial charge in [0.25, 0.3) is 0 Å². The topological polar surface area (TPSA) is 51.5 Å². The minimum Gasteiger partial charge on any atom is -0.379 e. The van der Waals surface area contributed by atoms with Crippen LogP contribution in [0.3, 0.4) is 0 Å². The van der Waals surface area contributed by atoms with Crippen LogP contribution in [0.25, 0.3) is 5.52 Å². The third-order valence-corrected chi connectivity index (χ3v) is 3.96. The highest BCUT2D eigenvalue weighted by atomic mass is 16.5. The highest BCUT2D eigenvalue weighted by Crippen LogP contribution is 2.26. The largest absolute Gasteiger partial charge is 0.379 e. The van der Waals surface area contributed by atoms with Gasteiger partial charge in [-0.3, -0.25) is 4.98 Å². The summed E-state index contributed by atoms with van der Waals surface area (Å²) in [6, 6.07) is 0.279. The molecule has 0 spiro atoms. The molecule has 0 aliphatic heterocycles. The molecular formula is C16H26N4O. The molecule has 2 rings (SSSR count). The minimum atomic E-state index is -0.104. The summed E-state index contributed by atoms with van der Waals surface area (Å²) in [6.45, 7) is 7.43. The Labute approximate surface area is 126 Å². The molecule has 1 atom stereocenters. The van der Waals surface area contributed by atoms with Crippen LogP contribution in [-0.4, -0.2) is 33.9 Å². The van der Waals surface area contributed by atoms with Crippen LogP contribution in [-0.2, 0) is 4.74 Å². The summed E-state index contributed by atoms with van der Waals surface area (Å²) in [7, 11) is 1.77. The Kier molecular flexibility index (Phi) is 5.31. The third-order valence-electron chi connectivity index (χ3n) is 3.96. The Hall–Kier alpha value is -1.46. The molecule has 0 amide bonds. The maximum absolute atomic E-state index is 5.54. The van der Waals surface area contributed by atoms with E-state index in [1.807, 2.05) is 23.1 Å². The average molecular weight is 290 g/mol. The molecular weight excluding hydrogens is 264 g/mol. The highest BCUT2D eigenvalue weighted by Gasteiger charge is 2.22. The predicted octanol–water partition coefficient (Wildman–Crippen LogP) is 2.98. The van der Waals surface area contributed by atoms with Crippen molar-refractivity contribution in [3.63, 3.8) is 0 Å². The molecule has 0 bridgehead atoms. The van der Waals surface area contributed by atoms with Gasteiger partial charge in [-0.15, -0.1) is 0 Å². The van der Waals surface area contributed by atoms with E-state index in [0.717, 1.165) is 31.3 Å². The first-order valence-corrected chi connectivity index (χ1v) is 7.63. The fourth-order valence-electron chi connectivity index (χ4n) is 2.40. The summed E-state index contributed by atoms with van der Waals surface area (Å²) < 4.78 is 7.42. The standard InChI is InChI=1S/C16H26N4O/c1-5-8-18-14(6-7-16(2,3)21-4)13-11-19-20-10-9-17-12-15(13)20/h9-12,14,18H,5-8H2,1-4H3. The molecule has 0 saturated heterocycles.